The molecule has 0 atom stereocenters. The molecule has 1 amide bonds. The Morgan fingerprint density at radius 1 is 1.50 bits per heavy atom. The molecule has 14 heavy (non-hydrogen) atoms. The number of alkyl halides is 1. The van der Waals surface area contributed by atoms with Crippen LogP contribution in [0.25, 0.3) is 0 Å². The van der Waals surface area contributed by atoms with E-state index in [2.05, 4.69) is 13.8 Å². The molecular formula is C10H20ClNO2. The number of halogens is 1. The monoisotopic (exact) mass is 221 g/mol. The highest BCUT2D eigenvalue weighted by Crippen LogP contribution is 2.02. The molecule has 0 saturated carbocycles. The number of rotatable bonds is 7. The summed E-state index contributed by atoms with van der Waals surface area (Å²) >= 11 is 5.53. The number of ether oxygens (including phenoxy) is 1. The van der Waals surface area contributed by atoms with E-state index in [4.69, 9.17) is 16.3 Å². The van der Waals surface area contributed by atoms with Crippen LogP contribution in [-0.2, 0) is 9.53 Å². The van der Waals surface area contributed by atoms with Crippen molar-refractivity contribution in [3.63, 3.8) is 0 Å². The van der Waals surface area contributed by atoms with Crippen LogP contribution in [0.3, 0.4) is 0 Å². The van der Waals surface area contributed by atoms with Gasteiger partial charge in [0, 0.05) is 32.5 Å². The van der Waals surface area contributed by atoms with Gasteiger partial charge in [0.05, 0.1) is 6.61 Å². The minimum absolute atomic E-state index is 0.116. The van der Waals surface area contributed by atoms with Gasteiger partial charge in [-0.05, 0) is 5.92 Å². The molecule has 0 fully saturated rings. The molecule has 0 bridgehead atoms. The van der Waals surface area contributed by atoms with Gasteiger partial charge >= 0.3 is 0 Å². The summed E-state index contributed by atoms with van der Waals surface area (Å²) in [7, 11) is 1.64. The van der Waals surface area contributed by atoms with Crippen molar-refractivity contribution >= 4 is 17.5 Å². The van der Waals surface area contributed by atoms with Gasteiger partial charge in [-0.25, -0.2) is 0 Å². The van der Waals surface area contributed by atoms with Crippen molar-refractivity contribution in [1.29, 1.82) is 0 Å². The van der Waals surface area contributed by atoms with Crippen LogP contribution in [0.1, 0.15) is 20.3 Å². The standard InChI is InChI=1S/C10H20ClNO2/c1-9(2)8-12(6-7-14-3)10(13)4-5-11/h9H,4-8H2,1-3H3. The second kappa shape index (κ2) is 8.06. The van der Waals surface area contributed by atoms with E-state index in [1.165, 1.54) is 0 Å². The highest BCUT2D eigenvalue weighted by atomic mass is 35.5. The Hall–Kier alpha value is -0.280. The van der Waals surface area contributed by atoms with Crippen LogP contribution in [0.15, 0.2) is 0 Å². The normalized spacial score (nSPS) is 10.6. The maximum absolute atomic E-state index is 11.6. The van der Waals surface area contributed by atoms with Crippen LogP contribution in [0.2, 0.25) is 0 Å². The van der Waals surface area contributed by atoms with Gasteiger partial charge in [-0.1, -0.05) is 13.8 Å². The Bertz CT molecular complexity index is 162. The molecule has 84 valence electrons. The van der Waals surface area contributed by atoms with Crippen molar-refractivity contribution in [1.82, 2.24) is 4.90 Å². The lowest BCUT2D eigenvalue weighted by Gasteiger charge is -2.24. The van der Waals surface area contributed by atoms with E-state index in [1.54, 1.807) is 7.11 Å². The van der Waals surface area contributed by atoms with Crippen molar-refractivity contribution in [2.24, 2.45) is 5.92 Å². The average molecular weight is 222 g/mol. The maximum Gasteiger partial charge on any atom is 0.223 e. The Morgan fingerprint density at radius 2 is 2.14 bits per heavy atom. The first-order valence-electron chi connectivity index (χ1n) is 4.94. The van der Waals surface area contributed by atoms with Gasteiger partial charge in [0.1, 0.15) is 0 Å². The van der Waals surface area contributed by atoms with Gasteiger partial charge in [-0.3, -0.25) is 4.79 Å². The van der Waals surface area contributed by atoms with Crippen LogP contribution in [0, 0.1) is 5.92 Å². The molecule has 0 aromatic rings. The van der Waals surface area contributed by atoms with Crippen LogP contribution >= 0.6 is 11.6 Å². The van der Waals surface area contributed by atoms with Crippen molar-refractivity contribution < 1.29 is 9.53 Å². The lowest BCUT2D eigenvalue weighted by Crippen LogP contribution is -2.36. The van der Waals surface area contributed by atoms with Crippen LogP contribution in [0.4, 0.5) is 0 Å². The van der Waals surface area contributed by atoms with Gasteiger partial charge in [0.2, 0.25) is 5.91 Å². The molecule has 0 heterocycles. The summed E-state index contributed by atoms with van der Waals surface area (Å²) in [5.74, 6) is 0.984. The molecule has 0 aromatic heterocycles. The first kappa shape index (κ1) is 13.7. The Balaban J connectivity index is 4.01. The lowest BCUT2D eigenvalue weighted by molar-refractivity contribution is -0.131. The molecule has 0 aliphatic carbocycles. The zero-order valence-corrected chi connectivity index (χ0v) is 10.0. The second-order valence-corrected chi connectivity index (χ2v) is 4.04. The first-order valence-corrected chi connectivity index (χ1v) is 5.48. The lowest BCUT2D eigenvalue weighted by atomic mass is 10.2. The van der Waals surface area contributed by atoms with E-state index in [9.17, 15) is 4.79 Å². The number of carbonyl (C=O) groups excluding carboxylic acids is 1. The van der Waals surface area contributed by atoms with Crippen LogP contribution in [-0.4, -0.2) is 43.5 Å². The van der Waals surface area contributed by atoms with Gasteiger partial charge in [0.15, 0.2) is 0 Å². The molecule has 0 radical (unpaired) electrons. The van der Waals surface area contributed by atoms with E-state index in [0.29, 0.717) is 31.4 Å². The molecule has 0 spiro atoms. The number of carbonyl (C=O) groups is 1. The van der Waals surface area contributed by atoms with Crippen molar-refractivity contribution in [2.75, 3.05) is 32.7 Å². The summed E-state index contributed by atoms with van der Waals surface area (Å²) in [5.41, 5.74) is 0. The topological polar surface area (TPSA) is 29.5 Å². The summed E-state index contributed by atoms with van der Waals surface area (Å²) in [6, 6.07) is 0. The molecule has 4 heteroatoms. The SMILES string of the molecule is COCCN(CC(C)C)C(=O)CCCl. The zero-order valence-electron chi connectivity index (χ0n) is 9.25. The van der Waals surface area contributed by atoms with Crippen LogP contribution < -0.4 is 0 Å². The van der Waals surface area contributed by atoms with E-state index >= 15 is 0 Å². The van der Waals surface area contributed by atoms with Gasteiger partial charge in [-0.15, -0.1) is 11.6 Å². The predicted octanol–water partition coefficient (Wildman–Crippen LogP) is 1.75. The van der Waals surface area contributed by atoms with E-state index in [1.807, 2.05) is 4.90 Å². The highest BCUT2D eigenvalue weighted by Gasteiger charge is 2.13. The van der Waals surface area contributed by atoms with E-state index in [-0.39, 0.29) is 5.91 Å². The second-order valence-electron chi connectivity index (χ2n) is 3.67. The average Bonchev–Trinajstić information content (AvgIpc) is 2.12. The predicted molar refractivity (Wildman–Crippen MR) is 58.6 cm³/mol. The molecule has 3 nitrogen and oxygen atoms in total. The van der Waals surface area contributed by atoms with Gasteiger partial charge in [-0.2, -0.15) is 0 Å². The zero-order chi connectivity index (χ0) is 11.0. The largest absolute Gasteiger partial charge is 0.383 e. The molecule has 0 unspecified atom stereocenters. The highest BCUT2D eigenvalue weighted by molar-refractivity contribution is 6.18. The fourth-order valence-electron chi connectivity index (χ4n) is 1.20. The minimum atomic E-state index is 0.116. The van der Waals surface area contributed by atoms with Crippen molar-refractivity contribution in [3.05, 3.63) is 0 Å². The Labute approximate surface area is 91.4 Å². The van der Waals surface area contributed by atoms with Gasteiger partial charge in [0.25, 0.3) is 0 Å². The molecule has 0 aromatic carbocycles. The number of hydrogen-bond acceptors (Lipinski definition) is 2. The third kappa shape index (κ3) is 6.22. The third-order valence-corrected chi connectivity index (χ3v) is 2.00. The van der Waals surface area contributed by atoms with Crippen molar-refractivity contribution in [2.45, 2.75) is 20.3 Å². The number of amides is 1. The Kier molecular flexibility index (Phi) is 7.90. The number of hydrogen-bond donors (Lipinski definition) is 0. The molecule has 0 rings (SSSR count). The van der Waals surface area contributed by atoms with Crippen LogP contribution in [0.5, 0.6) is 0 Å². The van der Waals surface area contributed by atoms with Gasteiger partial charge < -0.3 is 9.64 Å². The fourth-order valence-corrected chi connectivity index (χ4v) is 1.36. The van der Waals surface area contributed by atoms with E-state index in [0.717, 1.165) is 6.54 Å². The molecule has 0 saturated heterocycles. The molecule has 0 N–H and O–H groups in total. The summed E-state index contributed by atoms with van der Waals surface area (Å²) in [6.45, 7) is 6.20. The maximum atomic E-state index is 11.6. The summed E-state index contributed by atoms with van der Waals surface area (Å²) in [5, 5.41) is 0. The Morgan fingerprint density at radius 3 is 2.57 bits per heavy atom. The summed E-state index contributed by atoms with van der Waals surface area (Å²) in [6.07, 6.45) is 0.415. The summed E-state index contributed by atoms with van der Waals surface area (Å²) in [4.78, 5) is 13.4. The first-order chi connectivity index (χ1) is 6.61. The molecule has 0 aliphatic heterocycles. The van der Waals surface area contributed by atoms with Crippen molar-refractivity contribution in [3.8, 4) is 0 Å². The summed E-state index contributed by atoms with van der Waals surface area (Å²) < 4.78 is 4.96. The smallest absolute Gasteiger partial charge is 0.223 e. The van der Waals surface area contributed by atoms with E-state index < -0.39 is 0 Å². The minimum Gasteiger partial charge on any atom is -0.383 e. The molecule has 0 aliphatic rings. The molecular weight excluding hydrogens is 202 g/mol. The number of nitrogens with zero attached hydrogens (tertiary/aromatic N) is 1. The fraction of sp³-hybridized carbons (Fsp3) is 0.900. The third-order valence-electron chi connectivity index (χ3n) is 1.81. The number of methoxy groups -OCH3 is 1. The quantitative estimate of drug-likeness (QED) is 0.613.